The average Bonchev–Trinajstić information content (AvgIpc) is 2.13. The van der Waals surface area contributed by atoms with E-state index in [1.165, 1.54) is 0 Å². The van der Waals surface area contributed by atoms with E-state index in [0.29, 0.717) is 19.1 Å². The first kappa shape index (κ1) is 14.1. The fourth-order valence-corrected chi connectivity index (χ4v) is 2.95. The lowest BCUT2D eigenvalue weighted by Gasteiger charge is -2.44. The highest BCUT2D eigenvalue weighted by atomic mass is 32.2. The molecule has 3 nitrogen and oxygen atoms in total. The maximum atomic E-state index is 12.2. The Bertz CT molecular complexity index is 260. The Labute approximate surface area is 102 Å². The van der Waals surface area contributed by atoms with Crippen molar-refractivity contribution in [2.75, 3.05) is 13.2 Å². The molecule has 1 aliphatic rings. The summed E-state index contributed by atoms with van der Waals surface area (Å²) in [6, 6.07) is 0. The maximum Gasteiger partial charge on any atom is 0.0979 e. The molecule has 1 rings (SSSR count). The summed E-state index contributed by atoms with van der Waals surface area (Å²) < 4.78 is 20.7. The monoisotopic (exact) mass is 247 g/mol. The molecule has 4 heteroatoms. The third-order valence-electron chi connectivity index (χ3n) is 3.22. The van der Waals surface area contributed by atoms with Crippen molar-refractivity contribution in [2.45, 2.75) is 57.7 Å². The smallest absolute Gasteiger partial charge is 0.0979 e. The van der Waals surface area contributed by atoms with E-state index >= 15 is 0 Å². The summed E-state index contributed by atoms with van der Waals surface area (Å²) in [6.45, 7) is 11.9. The molecule has 96 valence electrons. The molecule has 1 N–H and O–H groups in total. The van der Waals surface area contributed by atoms with Gasteiger partial charge in [-0.05, 0) is 32.6 Å². The summed E-state index contributed by atoms with van der Waals surface area (Å²) in [5, 5.41) is 0. The highest BCUT2D eigenvalue weighted by Gasteiger charge is 2.42. The Morgan fingerprint density at radius 2 is 2.00 bits per heavy atom. The van der Waals surface area contributed by atoms with Crippen molar-refractivity contribution in [2.24, 2.45) is 5.92 Å². The number of nitrogens with one attached hydrogen (secondary N) is 1. The molecule has 1 heterocycles. The van der Waals surface area contributed by atoms with Crippen LogP contribution in [-0.2, 0) is 15.7 Å². The fraction of sp³-hybridized carbons (Fsp3) is 1.00. The largest absolute Gasteiger partial charge is 0.377 e. The first-order chi connectivity index (χ1) is 7.31. The van der Waals surface area contributed by atoms with E-state index in [1.54, 1.807) is 0 Å². The van der Waals surface area contributed by atoms with Gasteiger partial charge in [-0.15, -0.1) is 0 Å². The quantitative estimate of drug-likeness (QED) is 0.782. The van der Waals surface area contributed by atoms with Crippen LogP contribution in [0.3, 0.4) is 0 Å². The number of ether oxygens (including phenoxy) is 1. The lowest BCUT2D eigenvalue weighted by molar-refractivity contribution is -0.0713. The second kappa shape index (κ2) is 5.15. The molecule has 1 atom stereocenters. The minimum Gasteiger partial charge on any atom is -0.377 e. The lowest BCUT2D eigenvalue weighted by Crippen LogP contribution is -2.63. The Morgan fingerprint density at radius 3 is 2.31 bits per heavy atom. The summed E-state index contributed by atoms with van der Waals surface area (Å²) in [7, 11) is -0.995. The maximum absolute atomic E-state index is 12.2. The van der Waals surface area contributed by atoms with Crippen LogP contribution in [0.4, 0.5) is 0 Å². The van der Waals surface area contributed by atoms with Gasteiger partial charge in [-0.25, -0.2) is 8.93 Å². The van der Waals surface area contributed by atoms with Gasteiger partial charge in [0.1, 0.15) is 0 Å². The van der Waals surface area contributed by atoms with E-state index < -0.39 is 11.0 Å². The molecule has 0 aliphatic carbocycles. The molecule has 0 saturated carbocycles. The molecule has 1 aliphatic heterocycles. The van der Waals surface area contributed by atoms with Crippen LogP contribution in [0.25, 0.3) is 0 Å². The number of hydrogen-bond donors (Lipinski definition) is 1. The van der Waals surface area contributed by atoms with Crippen LogP contribution in [0.2, 0.25) is 0 Å². The minimum atomic E-state index is -0.995. The zero-order valence-electron chi connectivity index (χ0n) is 11.1. The molecule has 0 amide bonds. The standard InChI is InChI=1S/C12H25NO2S/c1-6-11(4,5)16(14)13-12(7-10(2)3)8-15-9-12/h10,13H,6-9H2,1-5H3. The number of rotatable bonds is 6. The van der Waals surface area contributed by atoms with Gasteiger partial charge in [-0.3, -0.25) is 0 Å². The number of hydrogen-bond acceptors (Lipinski definition) is 2. The summed E-state index contributed by atoms with van der Waals surface area (Å²) in [5.74, 6) is 0.595. The Hall–Kier alpha value is 0.0700. The van der Waals surface area contributed by atoms with Gasteiger partial charge in [-0.2, -0.15) is 0 Å². The van der Waals surface area contributed by atoms with Gasteiger partial charge in [0.05, 0.1) is 34.5 Å². The molecule has 0 spiro atoms. The highest BCUT2D eigenvalue weighted by molar-refractivity contribution is 7.84. The molecule has 16 heavy (non-hydrogen) atoms. The van der Waals surface area contributed by atoms with Crippen LogP contribution in [0.1, 0.15) is 47.5 Å². The predicted molar refractivity (Wildman–Crippen MR) is 68.7 cm³/mol. The second-order valence-corrected chi connectivity index (χ2v) is 7.70. The Morgan fingerprint density at radius 1 is 1.44 bits per heavy atom. The summed E-state index contributed by atoms with van der Waals surface area (Å²) in [6.07, 6.45) is 1.93. The van der Waals surface area contributed by atoms with Crippen molar-refractivity contribution >= 4 is 11.0 Å². The molecule has 0 bridgehead atoms. The van der Waals surface area contributed by atoms with E-state index in [0.717, 1.165) is 12.8 Å². The molecule has 1 unspecified atom stereocenters. The van der Waals surface area contributed by atoms with E-state index in [2.05, 4.69) is 25.5 Å². The zero-order chi connectivity index (χ0) is 12.4. The van der Waals surface area contributed by atoms with Crippen LogP contribution in [0.15, 0.2) is 0 Å². The van der Waals surface area contributed by atoms with E-state index in [4.69, 9.17) is 4.74 Å². The molecule has 0 aromatic heterocycles. The Kier molecular flexibility index (Phi) is 4.55. The van der Waals surface area contributed by atoms with Gasteiger partial charge in [0, 0.05) is 0 Å². The van der Waals surface area contributed by atoms with Gasteiger partial charge in [-0.1, -0.05) is 20.8 Å². The third kappa shape index (κ3) is 3.28. The fourth-order valence-electron chi connectivity index (χ4n) is 1.81. The van der Waals surface area contributed by atoms with Crippen molar-refractivity contribution in [3.63, 3.8) is 0 Å². The van der Waals surface area contributed by atoms with Crippen LogP contribution in [0.5, 0.6) is 0 Å². The Balaban J connectivity index is 2.60. The van der Waals surface area contributed by atoms with Gasteiger partial charge < -0.3 is 4.74 Å². The minimum absolute atomic E-state index is 0.0501. The molecule has 0 aromatic carbocycles. The van der Waals surface area contributed by atoms with Crippen LogP contribution < -0.4 is 4.72 Å². The zero-order valence-corrected chi connectivity index (χ0v) is 11.9. The first-order valence-corrected chi connectivity index (χ1v) is 7.24. The molecule has 0 radical (unpaired) electrons. The van der Waals surface area contributed by atoms with Crippen molar-refractivity contribution < 1.29 is 8.95 Å². The summed E-state index contributed by atoms with van der Waals surface area (Å²) in [5.41, 5.74) is -0.0501. The van der Waals surface area contributed by atoms with Gasteiger partial charge >= 0.3 is 0 Å². The molecule has 1 saturated heterocycles. The molecular weight excluding hydrogens is 222 g/mol. The first-order valence-electron chi connectivity index (χ1n) is 6.09. The van der Waals surface area contributed by atoms with Crippen molar-refractivity contribution in [3.05, 3.63) is 0 Å². The normalized spacial score (nSPS) is 21.9. The lowest BCUT2D eigenvalue weighted by atomic mass is 9.88. The van der Waals surface area contributed by atoms with Gasteiger partial charge in [0.25, 0.3) is 0 Å². The summed E-state index contributed by atoms with van der Waals surface area (Å²) in [4.78, 5) is 0. The summed E-state index contributed by atoms with van der Waals surface area (Å²) >= 11 is 0. The van der Waals surface area contributed by atoms with E-state index in [-0.39, 0.29) is 10.3 Å². The molecule has 0 aromatic rings. The van der Waals surface area contributed by atoms with Crippen molar-refractivity contribution in [3.8, 4) is 0 Å². The predicted octanol–water partition coefficient (Wildman–Crippen LogP) is 2.24. The van der Waals surface area contributed by atoms with Crippen LogP contribution in [0, 0.1) is 5.92 Å². The van der Waals surface area contributed by atoms with Gasteiger partial charge in [0.2, 0.25) is 0 Å². The SMILES string of the molecule is CCC(C)(C)S(=O)NC1(CC(C)C)COC1. The van der Waals surface area contributed by atoms with Crippen molar-refractivity contribution in [1.29, 1.82) is 0 Å². The molecular formula is C12H25NO2S. The highest BCUT2D eigenvalue weighted by Crippen LogP contribution is 2.28. The molecule has 1 fully saturated rings. The van der Waals surface area contributed by atoms with E-state index in [1.807, 2.05) is 13.8 Å². The topological polar surface area (TPSA) is 38.3 Å². The van der Waals surface area contributed by atoms with E-state index in [9.17, 15) is 4.21 Å². The third-order valence-corrected chi connectivity index (χ3v) is 5.13. The van der Waals surface area contributed by atoms with Gasteiger partial charge in [0.15, 0.2) is 0 Å². The van der Waals surface area contributed by atoms with Crippen molar-refractivity contribution in [1.82, 2.24) is 4.72 Å². The van der Waals surface area contributed by atoms with Crippen LogP contribution >= 0.6 is 0 Å². The second-order valence-electron chi connectivity index (χ2n) is 5.86. The average molecular weight is 247 g/mol. The van der Waals surface area contributed by atoms with Crippen LogP contribution in [-0.4, -0.2) is 27.7 Å².